The van der Waals surface area contributed by atoms with Gasteiger partial charge >= 0.3 is 0 Å². The summed E-state index contributed by atoms with van der Waals surface area (Å²) in [4.78, 5) is 7.41. The van der Waals surface area contributed by atoms with E-state index in [1.165, 1.54) is 33.4 Å². The molecular weight excluding hydrogens is 572 g/mol. The largest absolute Gasteiger partial charge is 0.436 e. The van der Waals surface area contributed by atoms with Crippen molar-refractivity contribution in [1.82, 2.24) is 4.98 Å². The molecule has 9 rings (SSSR count). The lowest BCUT2D eigenvalue weighted by atomic mass is 9.82. The van der Waals surface area contributed by atoms with Crippen LogP contribution >= 0.6 is 0 Å². The lowest BCUT2D eigenvalue weighted by Gasteiger charge is -2.28. The maximum atomic E-state index is 6.27. The van der Waals surface area contributed by atoms with Gasteiger partial charge in [0.1, 0.15) is 5.52 Å². The van der Waals surface area contributed by atoms with E-state index in [0.717, 1.165) is 44.5 Å². The van der Waals surface area contributed by atoms with Crippen LogP contribution in [0.25, 0.3) is 55.6 Å². The second-order valence-corrected chi connectivity index (χ2v) is 12.8. The minimum absolute atomic E-state index is 0.0586. The Balaban J connectivity index is 1.27. The van der Waals surface area contributed by atoms with Crippen LogP contribution in [0.5, 0.6) is 0 Å². The first kappa shape index (κ1) is 27.4. The van der Waals surface area contributed by atoms with E-state index in [4.69, 9.17) is 9.40 Å². The number of hydrogen-bond donors (Lipinski definition) is 0. The summed E-state index contributed by atoms with van der Waals surface area (Å²) in [6, 6.07) is 56.1. The van der Waals surface area contributed by atoms with Crippen molar-refractivity contribution in [2.24, 2.45) is 0 Å². The van der Waals surface area contributed by atoms with E-state index in [1.807, 2.05) is 30.3 Å². The van der Waals surface area contributed by atoms with Crippen LogP contribution in [-0.4, -0.2) is 4.98 Å². The summed E-state index contributed by atoms with van der Waals surface area (Å²) >= 11 is 0. The molecule has 47 heavy (non-hydrogen) atoms. The summed E-state index contributed by atoms with van der Waals surface area (Å²) in [5.41, 5.74) is 13.5. The van der Waals surface area contributed by atoms with Gasteiger partial charge in [0.25, 0.3) is 0 Å². The Hall–Kier alpha value is -5.93. The minimum Gasteiger partial charge on any atom is -0.436 e. The fourth-order valence-electron chi connectivity index (χ4n) is 7.36. The van der Waals surface area contributed by atoms with Crippen LogP contribution in [-0.2, 0) is 5.41 Å². The van der Waals surface area contributed by atoms with Gasteiger partial charge in [0.2, 0.25) is 5.89 Å². The molecule has 1 aromatic heterocycles. The molecule has 0 aliphatic heterocycles. The predicted octanol–water partition coefficient (Wildman–Crippen LogP) is 12.1. The smallest absolute Gasteiger partial charge is 0.227 e. The van der Waals surface area contributed by atoms with E-state index in [-0.39, 0.29) is 5.41 Å². The number of oxazole rings is 1. The van der Waals surface area contributed by atoms with Gasteiger partial charge in [0.15, 0.2) is 5.58 Å². The van der Waals surface area contributed by atoms with Crippen LogP contribution in [0.1, 0.15) is 25.0 Å². The van der Waals surface area contributed by atoms with Gasteiger partial charge < -0.3 is 9.32 Å². The second kappa shape index (κ2) is 10.6. The average molecular weight is 605 g/mol. The monoisotopic (exact) mass is 604 g/mol. The molecule has 0 saturated heterocycles. The first-order valence-corrected chi connectivity index (χ1v) is 16.1. The van der Waals surface area contributed by atoms with E-state index >= 15 is 0 Å². The summed E-state index contributed by atoms with van der Waals surface area (Å²) in [7, 11) is 0. The lowest BCUT2D eigenvalue weighted by Crippen LogP contribution is -2.15. The molecule has 0 bridgehead atoms. The third-order valence-electron chi connectivity index (χ3n) is 9.69. The van der Waals surface area contributed by atoms with Crippen LogP contribution in [0.2, 0.25) is 0 Å². The summed E-state index contributed by atoms with van der Waals surface area (Å²) in [5.74, 6) is 0.630. The highest BCUT2D eigenvalue weighted by Crippen LogP contribution is 2.51. The average Bonchev–Trinajstić information content (AvgIpc) is 3.67. The van der Waals surface area contributed by atoms with Crippen LogP contribution in [0.3, 0.4) is 0 Å². The summed E-state index contributed by atoms with van der Waals surface area (Å²) in [6.45, 7) is 4.66. The highest BCUT2D eigenvalue weighted by atomic mass is 16.3. The van der Waals surface area contributed by atoms with E-state index in [2.05, 4.69) is 146 Å². The Bertz CT molecular complexity index is 2440. The molecule has 7 aromatic carbocycles. The highest BCUT2D eigenvalue weighted by molar-refractivity contribution is 6.10. The quantitative estimate of drug-likeness (QED) is 0.196. The summed E-state index contributed by atoms with van der Waals surface area (Å²) in [6.07, 6.45) is 0. The van der Waals surface area contributed by atoms with Gasteiger partial charge in [-0.3, -0.25) is 0 Å². The van der Waals surface area contributed by atoms with Gasteiger partial charge in [0.05, 0.1) is 5.69 Å². The number of benzene rings is 7. The van der Waals surface area contributed by atoms with Crippen LogP contribution in [0.15, 0.2) is 162 Å². The molecule has 1 aliphatic rings. The Labute approximate surface area is 274 Å². The minimum atomic E-state index is -0.0586. The van der Waals surface area contributed by atoms with E-state index < -0.39 is 0 Å². The Kier molecular flexibility index (Phi) is 6.16. The van der Waals surface area contributed by atoms with Crippen LogP contribution in [0, 0.1) is 0 Å². The van der Waals surface area contributed by atoms with Gasteiger partial charge in [-0.15, -0.1) is 0 Å². The van der Waals surface area contributed by atoms with E-state index in [0.29, 0.717) is 5.89 Å². The molecule has 0 amide bonds. The number of anilines is 3. The number of fused-ring (bicyclic) bond motifs is 6. The van der Waals surface area contributed by atoms with E-state index in [9.17, 15) is 0 Å². The van der Waals surface area contributed by atoms with Gasteiger partial charge in [-0.25, -0.2) is 4.98 Å². The molecule has 1 aliphatic carbocycles. The van der Waals surface area contributed by atoms with Crippen molar-refractivity contribution in [3.63, 3.8) is 0 Å². The normalized spacial score (nSPS) is 13.1. The Morgan fingerprint density at radius 1 is 0.511 bits per heavy atom. The van der Waals surface area contributed by atoms with Gasteiger partial charge in [0, 0.05) is 33.1 Å². The fourth-order valence-corrected chi connectivity index (χ4v) is 7.36. The molecule has 0 N–H and O–H groups in total. The van der Waals surface area contributed by atoms with Crippen molar-refractivity contribution in [2.75, 3.05) is 4.90 Å². The first-order chi connectivity index (χ1) is 23.1. The lowest BCUT2D eigenvalue weighted by molar-refractivity contribution is 0.620. The van der Waals surface area contributed by atoms with Crippen molar-refractivity contribution < 1.29 is 4.42 Å². The van der Waals surface area contributed by atoms with Crippen molar-refractivity contribution in [3.05, 3.63) is 169 Å². The van der Waals surface area contributed by atoms with Crippen molar-refractivity contribution in [3.8, 4) is 33.7 Å². The molecule has 224 valence electrons. The topological polar surface area (TPSA) is 29.3 Å². The predicted molar refractivity (Wildman–Crippen MR) is 195 cm³/mol. The second-order valence-electron chi connectivity index (χ2n) is 12.8. The zero-order valence-electron chi connectivity index (χ0n) is 26.3. The molecule has 0 atom stereocenters. The maximum Gasteiger partial charge on any atom is 0.227 e. The van der Waals surface area contributed by atoms with Crippen molar-refractivity contribution in [2.45, 2.75) is 19.3 Å². The molecule has 3 nitrogen and oxygen atoms in total. The number of nitrogens with zero attached hydrogens (tertiary/aromatic N) is 2. The molecule has 0 saturated carbocycles. The zero-order valence-corrected chi connectivity index (χ0v) is 26.3. The SMILES string of the molecule is CC1(C)c2ccccc2-c2cc(N(c3cccc(-c4ccccc4)c3)c3cccc4c3ccc3oc(-c5ccccc5)nc34)ccc21. The molecule has 0 unspecified atom stereocenters. The number of hydrogen-bond acceptors (Lipinski definition) is 3. The van der Waals surface area contributed by atoms with Gasteiger partial charge in [-0.1, -0.05) is 117 Å². The van der Waals surface area contributed by atoms with Crippen LogP contribution < -0.4 is 4.90 Å². The Morgan fingerprint density at radius 3 is 2.02 bits per heavy atom. The number of aromatic nitrogens is 1. The van der Waals surface area contributed by atoms with Crippen LogP contribution in [0.4, 0.5) is 17.1 Å². The van der Waals surface area contributed by atoms with E-state index in [1.54, 1.807) is 0 Å². The summed E-state index contributed by atoms with van der Waals surface area (Å²) in [5, 5.41) is 2.17. The van der Waals surface area contributed by atoms with Gasteiger partial charge in [-0.05, 0) is 88.0 Å². The van der Waals surface area contributed by atoms with Gasteiger partial charge in [-0.2, -0.15) is 0 Å². The maximum absolute atomic E-state index is 6.27. The fraction of sp³-hybridized carbons (Fsp3) is 0.0682. The zero-order chi connectivity index (χ0) is 31.5. The standard InChI is InChI=1S/C44H32N2O/c1-44(2)38-21-10-9-19-34(38)37-28-33(23-25-39(37)44)46(32-18-11-17-31(27-32)29-13-5-3-6-14-29)40-22-12-20-36-35(40)24-26-41-42(36)45-43(47-41)30-15-7-4-8-16-30/h3-28H,1-2H3. The Morgan fingerprint density at radius 2 is 1.19 bits per heavy atom. The molecule has 3 heteroatoms. The molecule has 1 heterocycles. The molecule has 8 aromatic rings. The molecule has 0 fully saturated rings. The summed E-state index contributed by atoms with van der Waals surface area (Å²) < 4.78 is 6.27. The third-order valence-corrected chi connectivity index (χ3v) is 9.69. The molecule has 0 radical (unpaired) electrons. The third kappa shape index (κ3) is 4.39. The molecule has 0 spiro atoms. The van der Waals surface area contributed by atoms with Crippen molar-refractivity contribution >= 4 is 38.9 Å². The molecular formula is C44H32N2O. The van der Waals surface area contributed by atoms with Crippen molar-refractivity contribution in [1.29, 1.82) is 0 Å². The number of rotatable bonds is 5. The first-order valence-electron chi connectivity index (χ1n) is 16.1. The highest BCUT2D eigenvalue weighted by Gasteiger charge is 2.35.